The molecule has 1 aliphatic heterocycles. The normalized spacial score (nSPS) is 38.9. The van der Waals surface area contributed by atoms with Crippen molar-refractivity contribution in [3.8, 4) is 12.3 Å². The monoisotopic (exact) mass is 186 g/mol. The maximum absolute atomic E-state index is 9.57. The largest absolute Gasteiger partial charge is 0.394 e. The first-order valence-electron chi connectivity index (χ1n) is 4.20. The average molecular weight is 186 g/mol. The molecule has 4 atom stereocenters. The van der Waals surface area contributed by atoms with E-state index in [-0.39, 0.29) is 19.3 Å². The molecule has 0 aliphatic carbocycles. The summed E-state index contributed by atoms with van der Waals surface area (Å²) in [5, 5.41) is 18.4. The number of rotatable bonds is 3. The van der Waals surface area contributed by atoms with Gasteiger partial charge in [-0.2, -0.15) is 0 Å². The molecule has 0 aromatic carbocycles. The lowest BCUT2D eigenvalue weighted by atomic mass is 10.1. The van der Waals surface area contributed by atoms with Crippen LogP contribution in [0.3, 0.4) is 0 Å². The summed E-state index contributed by atoms with van der Waals surface area (Å²) < 4.78 is 10.4. The molecule has 4 nitrogen and oxygen atoms in total. The molecule has 1 heterocycles. The van der Waals surface area contributed by atoms with Crippen LogP contribution in [0.25, 0.3) is 0 Å². The Balaban J connectivity index is 2.49. The zero-order chi connectivity index (χ0) is 9.84. The number of ether oxygens (including phenoxy) is 2. The van der Waals surface area contributed by atoms with Gasteiger partial charge in [0.15, 0.2) is 0 Å². The summed E-state index contributed by atoms with van der Waals surface area (Å²) in [7, 11) is 0. The first-order valence-corrected chi connectivity index (χ1v) is 4.20. The van der Waals surface area contributed by atoms with Gasteiger partial charge in [0, 0.05) is 0 Å². The molecule has 1 aliphatic rings. The molecule has 0 aromatic heterocycles. The maximum atomic E-state index is 9.57. The summed E-state index contributed by atoms with van der Waals surface area (Å²) >= 11 is 0. The van der Waals surface area contributed by atoms with Crippen LogP contribution >= 0.6 is 0 Å². The number of hydrogen-bond donors (Lipinski definition) is 2. The minimum absolute atomic E-state index is 0.146. The Morgan fingerprint density at radius 2 is 2.31 bits per heavy atom. The molecule has 2 unspecified atom stereocenters. The average Bonchev–Trinajstić information content (AvgIpc) is 2.39. The van der Waals surface area contributed by atoms with Crippen LogP contribution in [0, 0.1) is 12.3 Å². The van der Waals surface area contributed by atoms with Crippen molar-refractivity contribution in [1.82, 2.24) is 0 Å². The van der Waals surface area contributed by atoms with E-state index in [0.29, 0.717) is 0 Å². The molecular formula is C9H14O4. The van der Waals surface area contributed by atoms with Gasteiger partial charge >= 0.3 is 0 Å². The summed E-state index contributed by atoms with van der Waals surface area (Å²) in [6, 6.07) is 0. The molecule has 0 radical (unpaired) electrons. The van der Waals surface area contributed by atoms with E-state index in [2.05, 4.69) is 5.92 Å². The van der Waals surface area contributed by atoms with Gasteiger partial charge in [-0.05, 0) is 6.92 Å². The number of hydrogen-bond acceptors (Lipinski definition) is 4. The lowest BCUT2D eigenvalue weighted by molar-refractivity contribution is -0.0201. The van der Waals surface area contributed by atoms with E-state index in [0.717, 1.165) is 0 Å². The molecule has 0 spiro atoms. The second-order valence-corrected chi connectivity index (χ2v) is 3.03. The van der Waals surface area contributed by atoms with Gasteiger partial charge in [0.2, 0.25) is 0 Å². The fraction of sp³-hybridized carbons (Fsp3) is 0.778. The third-order valence-electron chi connectivity index (χ3n) is 2.11. The highest BCUT2D eigenvalue weighted by molar-refractivity contribution is 4.92. The van der Waals surface area contributed by atoms with Crippen molar-refractivity contribution in [2.45, 2.75) is 31.3 Å². The van der Waals surface area contributed by atoms with Crippen LogP contribution in [0.15, 0.2) is 0 Å². The molecule has 0 saturated carbocycles. The number of aliphatic hydroxyl groups excluding tert-OH is 2. The van der Waals surface area contributed by atoms with Crippen molar-refractivity contribution in [3.63, 3.8) is 0 Å². The van der Waals surface area contributed by atoms with Crippen LogP contribution < -0.4 is 0 Å². The summed E-state index contributed by atoms with van der Waals surface area (Å²) in [6.45, 7) is 1.72. The molecule has 2 N–H and O–H groups in total. The van der Waals surface area contributed by atoms with Gasteiger partial charge in [-0.15, -0.1) is 6.42 Å². The molecule has 13 heavy (non-hydrogen) atoms. The number of aliphatic hydroxyl groups is 2. The van der Waals surface area contributed by atoms with Gasteiger partial charge in [0.05, 0.1) is 12.7 Å². The summed E-state index contributed by atoms with van der Waals surface area (Å²) in [6.07, 6.45) is 2.99. The Labute approximate surface area is 77.5 Å². The van der Waals surface area contributed by atoms with Crippen LogP contribution in [-0.2, 0) is 9.47 Å². The van der Waals surface area contributed by atoms with E-state index < -0.39 is 18.3 Å². The fourth-order valence-electron chi connectivity index (χ4n) is 1.45. The molecule has 1 fully saturated rings. The first-order chi connectivity index (χ1) is 6.20. The van der Waals surface area contributed by atoms with Gasteiger partial charge in [-0.25, -0.2) is 0 Å². The topological polar surface area (TPSA) is 58.9 Å². The summed E-state index contributed by atoms with van der Waals surface area (Å²) in [5.74, 6) is 2.32. The van der Waals surface area contributed by atoms with Crippen molar-refractivity contribution in [2.24, 2.45) is 0 Å². The van der Waals surface area contributed by atoms with Gasteiger partial charge in [0.1, 0.15) is 24.9 Å². The Hall–Kier alpha value is -0.600. The highest BCUT2D eigenvalue weighted by Gasteiger charge is 2.41. The Bertz CT molecular complexity index is 198. The van der Waals surface area contributed by atoms with Gasteiger partial charge in [-0.1, -0.05) is 5.92 Å². The van der Waals surface area contributed by atoms with Gasteiger partial charge in [0.25, 0.3) is 0 Å². The molecule has 0 bridgehead atoms. The third kappa shape index (κ3) is 2.20. The lowest BCUT2D eigenvalue weighted by Gasteiger charge is -2.16. The second kappa shape index (κ2) is 4.58. The van der Waals surface area contributed by atoms with Crippen molar-refractivity contribution in [1.29, 1.82) is 0 Å². The minimum atomic E-state index is -0.798. The van der Waals surface area contributed by atoms with Crippen LogP contribution in [0.1, 0.15) is 6.92 Å². The van der Waals surface area contributed by atoms with Gasteiger partial charge < -0.3 is 19.7 Å². The van der Waals surface area contributed by atoms with Crippen molar-refractivity contribution in [2.75, 3.05) is 13.2 Å². The van der Waals surface area contributed by atoms with Crippen molar-refractivity contribution < 1.29 is 19.7 Å². The Morgan fingerprint density at radius 3 is 2.77 bits per heavy atom. The zero-order valence-corrected chi connectivity index (χ0v) is 7.51. The Morgan fingerprint density at radius 1 is 1.62 bits per heavy atom. The van der Waals surface area contributed by atoms with Crippen LogP contribution in [-0.4, -0.2) is 47.8 Å². The van der Waals surface area contributed by atoms with E-state index >= 15 is 0 Å². The van der Waals surface area contributed by atoms with E-state index in [1.165, 1.54) is 0 Å². The smallest absolute Gasteiger partial charge is 0.113 e. The van der Waals surface area contributed by atoms with Crippen molar-refractivity contribution >= 4 is 0 Å². The second-order valence-electron chi connectivity index (χ2n) is 3.03. The van der Waals surface area contributed by atoms with Crippen molar-refractivity contribution in [3.05, 3.63) is 0 Å². The maximum Gasteiger partial charge on any atom is 0.113 e. The molecule has 1 rings (SSSR count). The minimum Gasteiger partial charge on any atom is -0.394 e. The molecule has 1 saturated heterocycles. The van der Waals surface area contributed by atoms with E-state index in [1.807, 2.05) is 0 Å². The predicted molar refractivity (Wildman–Crippen MR) is 46.0 cm³/mol. The summed E-state index contributed by atoms with van der Waals surface area (Å²) in [4.78, 5) is 0. The quantitative estimate of drug-likeness (QED) is 0.563. The van der Waals surface area contributed by atoms with Crippen LogP contribution in [0.4, 0.5) is 0 Å². The molecule has 74 valence electrons. The third-order valence-corrected chi connectivity index (χ3v) is 2.11. The highest BCUT2D eigenvalue weighted by atomic mass is 16.6. The SMILES string of the molecule is C#CCOC1C(O)[C@@H](CO)O[C@H]1C. The zero-order valence-electron chi connectivity index (χ0n) is 7.51. The molecule has 0 amide bonds. The lowest BCUT2D eigenvalue weighted by Crippen LogP contribution is -2.35. The van der Waals surface area contributed by atoms with E-state index in [1.54, 1.807) is 6.92 Å². The molecular weight excluding hydrogens is 172 g/mol. The van der Waals surface area contributed by atoms with E-state index in [9.17, 15) is 5.11 Å². The highest BCUT2D eigenvalue weighted by Crippen LogP contribution is 2.23. The number of terminal acetylenes is 1. The fourth-order valence-corrected chi connectivity index (χ4v) is 1.45. The van der Waals surface area contributed by atoms with Crippen LogP contribution in [0.2, 0.25) is 0 Å². The summed E-state index contributed by atoms with van der Waals surface area (Å²) in [5.41, 5.74) is 0. The Kier molecular flexibility index (Phi) is 3.70. The first kappa shape index (κ1) is 10.5. The molecule has 0 aromatic rings. The van der Waals surface area contributed by atoms with E-state index in [4.69, 9.17) is 21.0 Å². The molecule has 4 heteroatoms. The van der Waals surface area contributed by atoms with Gasteiger partial charge in [-0.3, -0.25) is 0 Å². The standard InChI is InChI=1S/C9H14O4/c1-3-4-12-9-6(2)13-7(5-10)8(9)11/h1,6-11H,4-5H2,2H3/t6-,7+,8?,9?/m0/s1. The predicted octanol–water partition coefficient (Wildman–Crippen LogP) is -0.855. The van der Waals surface area contributed by atoms with Crippen LogP contribution in [0.5, 0.6) is 0 Å².